The summed E-state index contributed by atoms with van der Waals surface area (Å²) in [6.45, 7) is 4.83. The highest BCUT2D eigenvalue weighted by molar-refractivity contribution is 5.77. The quantitative estimate of drug-likeness (QED) is 0.687. The molecule has 1 amide bonds. The second-order valence-corrected chi connectivity index (χ2v) is 7.37. The highest BCUT2D eigenvalue weighted by Gasteiger charge is 2.26. The molecule has 1 aromatic carbocycles. The van der Waals surface area contributed by atoms with E-state index in [-0.39, 0.29) is 17.8 Å². The summed E-state index contributed by atoms with van der Waals surface area (Å²) in [4.78, 5) is 14.5. The number of hydrogen-bond donors (Lipinski definition) is 1. The number of halogens is 1. The number of nitrogens with one attached hydrogen (secondary N) is 1. The Balaban J connectivity index is 1.42. The first kappa shape index (κ1) is 19.2. The molecule has 3 heterocycles. The summed E-state index contributed by atoms with van der Waals surface area (Å²) in [5, 5.41) is 11.2. The highest BCUT2D eigenvalue weighted by Crippen LogP contribution is 2.30. The molecule has 0 bridgehead atoms. The summed E-state index contributed by atoms with van der Waals surface area (Å²) < 4.78 is 24.9. The third kappa shape index (κ3) is 4.16. The number of ether oxygens (including phenoxy) is 1. The fraction of sp³-hybridized carbons (Fsp3) is 0.381. The van der Waals surface area contributed by atoms with E-state index in [2.05, 4.69) is 15.4 Å². The molecule has 1 aliphatic rings. The summed E-state index contributed by atoms with van der Waals surface area (Å²) >= 11 is 0. The molecule has 0 saturated heterocycles. The monoisotopic (exact) mass is 398 g/mol. The molecule has 0 spiro atoms. The van der Waals surface area contributed by atoms with Gasteiger partial charge in [0.1, 0.15) is 17.3 Å². The van der Waals surface area contributed by atoms with E-state index >= 15 is 0 Å². The molecule has 0 aliphatic carbocycles. The Hall–Kier alpha value is -3.16. The molecule has 0 unspecified atom stereocenters. The van der Waals surface area contributed by atoms with Gasteiger partial charge in [-0.05, 0) is 31.1 Å². The van der Waals surface area contributed by atoms with Gasteiger partial charge in [-0.1, -0.05) is 12.1 Å². The lowest BCUT2D eigenvalue weighted by Crippen LogP contribution is -2.36. The van der Waals surface area contributed by atoms with Crippen LogP contribution in [0.1, 0.15) is 37.3 Å². The van der Waals surface area contributed by atoms with Gasteiger partial charge in [0.15, 0.2) is 0 Å². The Bertz CT molecular complexity index is 1010. The van der Waals surface area contributed by atoms with E-state index in [1.54, 1.807) is 29.2 Å². The first-order valence-electron chi connectivity index (χ1n) is 9.72. The number of fused-ring (bicyclic) bond motifs is 1. The zero-order valence-electron chi connectivity index (χ0n) is 16.4. The average Bonchev–Trinajstić information content (AvgIpc) is 3.32. The van der Waals surface area contributed by atoms with Gasteiger partial charge in [-0.15, -0.1) is 0 Å². The van der Waals surface area contributed by atoms with Gasteiger partial charge < -0.3 is 14.2 Å². The molecule has 0 radical (unpaired) electrons. The number of aromatic nitrogens is 3. The van der Waals surface area contributed by atoms with Crippen LogP contribution in [0.25, 0.3) is 11.3 Å². The van der Waals surface area contributed by atoms with Crippen LogP contribution in [0.5, 0.6) is 5.88 Å². The second-order valence-electron chi connectivity index (χ2n) is 7.37. The van der Waals surface area contributed by atoms with Crippen LogP contribution in [-0.4, -0.2) is 38.8 Å². The maximum Gasteiger partial charge on any atom is 0.254 e. The van der Waals surface area contributed by atoms with E-state index in [0.29, 0.717) is 55.2 Å². The van der Waals surface area contributed by atoms with Gasteiger partial charge in [0.2, 0.25) is 5.91 Å². The van der Waals surface area contributed by atoms with Crippen molar-refractivity contribution < 1.29 is 18.4 Å². The third-order valence-electron chi connectivity index (χ3n) is 4.89. The summed E-state index contributed by atoms with van der Waals surface area (Å²) in [5.74, 6) is 0.731. The smallest absolute Gasteiger partial charge is 0.254 e. The second kappa shape index (κ2) is 8.06. The van der Waals surface area contributed by atoms with Gasteiger partial charge in [0, 0.05) is 55.2 Å². The Morgan fingerprint density at radius 2 is 2.21 bits per heavy atom. The summed E-state index contributed by atoms with van der Waals surface area (Å²) in [5.41, 5.74) is 2.85. The molecule has 8 heteroatoms. The van der Waals surface area contributed by atoms with Crippen LogP contribution in [0, 0.1) is 5.82 Å². The zero-order chi connectivity index (χ0) is 20.4. The molecule has 0 atom stereocenters. The van der Waals surface area contributed by atoms with Gasteiger partial charge in [-0.2, -0.15) is 5.10 Å². The van der Waals surface area contributed by atoms with Crippen molar-refractivity contribution in [2.24, 2.45) is 0 Å². The molecular weight excluding hydrogens is 375 g/mol. The van der Waals surface area contributed by atoms with Crippen LogP contribution in [0.4, 0.5) is 4.39 Å². The van der Waals surface area contributed by atoms with Crippen molar-refractivity contribution in [3.8, 4) is 17.1 Å². The Morgan fingerprint density at radius 1 is 1.38 bits per heavy atom. The molecule has 7 nitrogen and oxygen atoms in total. The topological polar surface area (TPSA) is 84.2 Å². The third-order valence-corrected chi connectivity index (χ3v) is 4.89. The lowest BCUT2D eigenvalue weighted by Gasteiger charge is -2.27. The zero-order valence-corrected chi connectivity index (χ0v) is 16.4. The normalized spacial score (nSPS) is 13.6. The van der Waals surface area contributed by atoms with Crippen molar-refractivity contribution in [3.63, 3.8) is 0 Å². The number of carbonyl (C=O) groups excluding carboxylic acids is 1. The van der Waals surface area contributed by atoms with Crippen LogP contribution in [0.3, 0.4) is 0 Å². The van der Waals surface area contributed by atoms with Crippen molar-refractivity contribution in [3.05, 3.63) is 53.2 Å². The van der Waals surface area contributed by atoms with Crippen molar-refractivity contribution in [2.45, 2.75) is 45.8 Å². The maximum absolute atomic E-state index is 14.2. The predicted octanol–water partition coefficient (Wildman–Crippen LogP) is 3.51. The molecule has 0 fully saturated rings. The van der Waals surface area contributed by atoms with Gasteiger partial charge >= 0.3 is 0 Å². The number of H-pyrrole nitrogens is 1. The first-order valence-corrected chi connectivity index (χ1v) is 9.72. The fourth-order valence-corrected chi connectivity index (χ4v) is 3.48. The van der Waals surface area contributed by atoms with E-state index in [1.165, 1.54) is 6.07 Å². The number of aromatic amines is 1. The number of benzene rings is 1. The van der Waals surface area contributed by atoms with E-state index in [9.17, 15) is 9.18 Å². The van der Waals surface area contributed by atoms with Crippen LogP contribution in [-0.2, 0) is 24.2 Å². The molecule has 2 aromatic heterocycles. The minimum atomic E-state index is -0.324. The number of aryl methyl sites for hydroxylation is 1. The molecule has 1 N–H and O–H groups in total. The maximum atomic E-state index is 14.2. The number of nitrogens with zero attached hydrogens (tertiary/aromatic N) is 3. The molecule has 3 aromatic rings. The molecule has 152 valence electrons. The largest absolute Gasteiger partial charge is 0.473 e. The highest BCUT2D eigenvalue weighted by atomic mass is 19.1. The summed E-state index contributed by atoms with van der Waals surface area (Å²) in [6, 6.07) is 8.26. The minimum Gasteiger partial charge on any atom is -0.473 e. The van der Waals surface area contributed by atoms with Gasteiger partial charge in [-0.3, -0.25) is 9.89 Å². The minimum absolute atomic E-state index is 0.00994. The van der Waals surface area contributed by atoms with E-state index in [1.807, 2.05) is 13.8 Å². The van der Waals surface area contributed by atoms with Crippen LogP contribution < -0.4 is 4.74 Å². The first-order chi connectivity index (χ1) is 14.0. The standard InChI is InChI=1S/C21H23FN4O3/c1-13(2)28-19-11-14(29-25-19)7-8-20(27)26-10-9-18-16(12-26)21(24-23-18)15-5-3-4-6-17(15)22/h3-6,11,13H,7-10,12H2,1-2H3,(H,23,24). The van der Waals surface area contributed by atoms with E-state index in [4.69, 9.17) is 9.26 Å². The van der Waals surface area contributed by atoms with Gasteiger partial charge in [-0.25, -0.2) is 4.39 Å². The predicted molar refractivity (Wildman–Crippen MR) is 104 cm³/mol. The lowest BCUT2D eigenvalue weighted by atomic mass is 10.0. The van der Waals surface area contributed by atoms with Gasteiger partial charge in [0.05, 0.1) is 6.10 Å². The number of amides is 1. The summed E-state index contributed by atoms with van der Waals surface area (Å²) in [6.07, 6.45) is 1.42. The number of carbonyl (C=O) groups is 1. The van der Waals surface area contributed by atoms with E-state index < -0.39 is 0 Å². The Labute approximate surface area is 167 Å². The number of hydrogen-bond acceptors (Lipinski definition) is 5. The Kier molecular flexibility index (Phi) is 5.33. The molecule has 1 aliphatic heterocycles. The molecule has 4 rings (SSSR count). The summed E-state index contributed by atoms with van der Waals surface area (Å²) in [7, 11) is 0. The molecule has 29 heavy (non-hydrogen) atoms. The van der Waals surface area contributed by atoms with E-state index in [0.717, 1.165) is 11.3 Å². The van der Waals surface area contributed by atoms with Crippen LogP contribution >= 0.6 is 0 Å². The van der Waals surface area contributed by atoms with Gasteiger partial charge in [0.25, 0.3) is 5.88 Å². The van der Waals surface area contributed by atoms with Crippen molar-refractivity contribution in [1.29, 1.82) is 0 Å². The van der Waals surface area contributed by atoms with Crippen molar-refractivity contribution in [2.75, 3.05) is 6.54 Å². The molecular formula is C21H23FN4O3. The van der Waals surface area contributed by atoms with Crippen LogP contribution in [0.2, 0.25) is 0 Å². The fourth-order valence-electron chi connectivity index (χ4n) is 3.48. The average molecular weight is 398 g/mol. The van der Waals surface area contributed by atoms with Crippen LogP contribution in [0.15, 0.2) is 34.9 Å². The number of rotatable bonds is 6. The van der Waals surface area contributed by atoms with Crippen molar-refractivity contribution >= 4 is 5.91 Å². The van der Waals surface area contributed by atoms with Crippen molar-refractivity contribution in [1.82, 2.24) is 20.3 Å². The molecule has 0 saturated carbocycles. The lowest BCUT2D eigenvalue weighted by molar-refractivity contribution is -0.132. The Morgan fingerprint density at radius 3 is 3.00 bits per heavy atom. The SMILES string of the molecule is CC(C)Oc1cc(CCC(=O)N2CCc3[nH]nc(-c4ccccc4F)c3C2)on1.